The van der Waals surface area contributed by atoms with Gasteiger partial charge in [-0.05, 0) is 24.8 Å². The van der Waals surface area contributed by atoms with Crippen LogP contribution in [-0.2, 0) is 16.1 Å². The lowest BCUT2D eigenvalue weighted by molar-refractivity contribution is -0.0447. The molecule has 1 unspecified atom stereocenters. The van der Waals surface area contributed by atoms with Crippen molar-refractivity contribution in [1.29, 1.82) is 0 Å². The second kappa shape index (κ2) is 8.39. The van der Waals surface area contributed by atoms with Crippen LogP contribution in [0.4, 0.5) is 0 Å². The minimum absolute atomic E-state index is 0. The van der Waals surface area contributed by atoms with Crippen molar-refractivity contribution in [3.63, 3.8) is 0 Å². The molecule has 1 aromatic rings. The fourth-order valence-electron chi connectivity index (χ4n) is 2.25. The van der Waals surface area contributed by atoms with Crippen molar-refractivity contribution in [1.82, 2.24) is 0 Å². The highest BCUT2D eigenvalue weighted by Gasteiger charge is 2.13. The first-order chi connectivity index (χ1) is 8.75. The Hall–Kier alpha value is -0.795. The Morgan fingerprint density at radius 2 is 1.95 bits per heavy atom. The first kappa shape index (κ1) is 16.3. The molecule has 0 aliphatic carbocycles. The quantitative estimate of drug-likeness (QED) is 0.757. The highest BCUT2D eigenvalue weighted by atomic mass is 16.5. The van der Waals surface area contributed by atoms with Crippen LogP contribution in [0, 0.1) is 0 Å². The van der Waals surface area contributed by atoms with Gasteiger partial charge in [-0.15, -0.1) is 0 Å². The summed E-state index contributed by atoms with van der Waals surface area (Å²) in [5, 5.41) is 0. The second-order valence-corrected chi connectivity index (χ2v) is 5.40. The molecule has 1 aliphatic heterocycles. The molecule has 106 valence electrons. The average molecular weight is 262 g/mol. The first-order valence-corrected chi connectivity index (χ1v) is 7.04. The molecule has 0 bridgehead atoms. The van der Waals surface area contributed by atoms with Gasteiger partial charge in [0.1, 0.15) is 0 Å². The van der Waals surface area contributed by atoms with Gasteiger partial charge in [0, 0.05) is 6.61 Å². The molecular formula is C16H27BO2. The van der Waals surface area contributed by atoms with Crippen LogP contribution in [-0.4, -0.2) is 26.0 Å². The Bertz CT molecular complexity index is 342. The molecule has 0 spiro atoms. The molecular weight excluding hydrogens is 235 g/mol. The minimum Gasteiger partial charge on any atom is -0.376 e. The maximum atomic E-state index is 5.73. The summed E-state index contributed by atoms with van der Waals surface area (Å²) in [6.45, 7) is 7.34. The van der Waals surface area contributed by atoms with Crippen LogP contribution in [0.25, 0.3) is 0 Å². The van der Waals surface area contributed by atoms with Gasteiger partial charge >= 0.3 is 0 Å². The van der Waals surface area contributed by atoms with Gasteiger partial charge in [0.15, 0.2) is 6.71 Å². The van der Waals surface area contributed by atoms with Gasteiger partial charge in [0.2, 0.25) is 0 Å². The van der Waals surface area contributed by atoms with E-state index < -0.39 is 0 Å². The third-order valence-electron chi connectivity index (χ3n) is 3.49. The van der Waals surface area contributed by atoms with E-state index in [-0.39, 0.29) is 7.43 Å². The summed E-state index contributed by atoms with van der Waals surface area (Å²) in [6, 6.07) is 8.72. The molecule has 1 fully saturated rings. The number of hydrogen-bond acceptors (Lipinski definition) is 2. The maximum absolute atomic E-state index is 5.73. The van der Waals surface area contributed by atoms with Gasteiger partial charge in [-0.1, -0.05) is 50.8 Å². The van der Waals surface area contributed by atoms with E-state index >= 15 is 0 Å². The summed E-state index contributed by atoms with van der Waals surface area (Å²) in [6.07, 6.45) is 3.94. The van der Waals surface area contributed by atoms with Gasteiger partial charge in [0.05, 0.1) is 19.3 Å². The molecule has 19 heavy (non-hydrogen) atoms. The predicted octanol–water partition coefficient (Wildman–Crippen LogP) is 3.37. The lowest BCUT2D eigenvalue weighted by atomic mass is 9.49. The summed E-state index contributed by atoms with van der Waals surface area (Å²) in [5.74, 6) is 0. The van der Waals surface area contributed by atoms with Crippen molar-refractivity contribution in [2.75, 3.05) is 13.2 Å². The standard InChI is InChI=1S/C15H23BO2.CH4/c1-16(2)14-8-6-13(7-9-14)11-17-12-15-5-3-4-10-18-15;/h6-9,15H,3-5,10-12H2,1-2H3;1H4. The Kier molecular flexibility index (Phi) is 7.18. The Labute approximate surface area is 118 Å². The van der Waals surface area contributed by atoms with Crippen LogP contribution in [0.3, 0.4) is 0 Å². The third-order valence-corrected chi connectivity index (χ3v) is 3.49. The summed E-state index contributed by atoms with van der Waals surface area (Å²) in [5.41, 5.74) is 2.63. The molecule has 3 heteroatoms. The van der Waals surface area contributed by atoms with Crippen molar-refractivity contribution >= 4 is 12.2 Å². The SMILES string of the molecule is C.CB(C)c1ccc(COCC2CCCCO2)cc1. The Morgan fingerprint density at radius 1 is 1.21 bits per heavy atom. The van der Waals surface area contributed by atoms with E-state index in [1.165, 1.54) is 23.9 Å². The van der Waals surface area contributed by atoms with Gasteiger partial charge < -0.3 is 9.47 Å². The second-order valence-electron chi connectivity index (χ2n) is 5.40. The molecule has 1 aromatic carbocycles. The van der Waals surface area contributed by atoms with Crippen LogP contribution in [0.5, 0.6) is 0 Å². The number of rotatable bonds is 5. The largest absolute Gasteiger partial charge is 0.376 e. The average Bonchev–Trinajstić information content (AvgIpc) is 2.40. The van der Waals surface area contributed by atoms with Crippen molar-refractivity contribution in [2.24, 2.45) is 0 Å². The number of benzene rings is 1. The lowest BCUT2D eigenvalue weighted by Crippen LogP contribution is -2.24. The van der Waals surface area contributed by atoms with Gasteiger partial charge in [-0.3, -0.25) is 0 Å². The molecule has 1 aliphatic rings. The third kappa shape index (κ3) is 5.37. The summed E-state index contributed by atoms with van der Waals surface area (Å²) < 4.78 is 11.4. The van der Waals surface area contributed by atoms with Gasteiger partial charge in [-0.25, -0.2) is 0 Å². The van der Waals surface area contributed by atoms with E-state index in [4.69, 9.17) is 9.47 Å². The molecule has 0 N–H and O–H groups in total. The molecule has 0 saturated carbocycles. The molecule has 1 saturated heterocycles. The van der Waals surface area contributed by atoms with E-state index in [1.807, 2.05) is 0 Å². The molecule has 0 amide bonds. The first-order valence-electron chi connectivity index (χ1n) is 7.04. The normalized spacial score (nSPS) is 18.7. The fourth-order valence-corrected chi connectivity index (χ4v) is 2.25. The van der Waals surface area contributed by atoms with E-state index in [1.54, 1.807) is 0 Å². The zero-order chi connectivity index (χ0) is 12.8. The zero-order valence-electron chi connectivity index (χ0n) is 11.5. The Balaban J connectivity index is 0.00000180. The summed E-state index contributed by atoms with van der Waals surface area (Å²) in [4.78, 5) is 0. The number of ether oxygens (including phenoxy) is 2. The molecule has 2 rings (SSSR count). The molecule has 0 radical (unpaired) electrons. The smallest absolute Gasteiger partial charge is 0.169 e. The van der Waals surface area contributed by atoms with Gasteiger partial charge in [0.25, 0.3) is 0 Å². The van der Waals surface area contributed by atoms with Crippen LogP contribution < -0.4 is 5.46 Å². The molecule has 0 aromatic heterocycles. The topological polar surface area (TPSA) is 18.5 Å². The van der Waals surface area contributed by atoms with Crippen molar-refractivity contribution in [3.8, 4) is 0 Å². The molecule has 1 heterocycles. The zero-order valence-corrected chi connectivity index (χ0v) is 11.5. The van der Waals surface area contributed by atoms with Gasteiger partial charge in [-0.2, -0.15) is 0 Å². The molecule has 1 atom stereocenters. The van der Waals surface area contributed by atoms with E-state index in [0.29, 0.717) is 19.4 Å². The summed E-state index contributed by atoms with van der Waals surface area (Å²) in [7, 11) is 0. The predicted molar refractivity (Wildman–Crippen MR) is 83.5 cm³/mol. The van der Waals surface area contributed by atoms with Crippen LogP contribution in [0.1, 0.15) is 32.3 Å². The van der Waals surface area contributed by atoms with E-state index in [2.05, 4.69) is 37.9 Å². The lowest BCUT2D eigenvalue weighted by Gasteiger charge is -2.22. The maximum Gasteiger partial charge on any atom is 0.169 e. The Morgan fingerprint density at radius 3 is 2.53 bits per heavy atom. The monoisotopic (exact) mass is 262 g/mol. The van der Waals surface area contributed by atoms with Crippen LogP contribution >= 0.6 is 0 Å². The van der Waals surface area contributed by atoms with Crippen molar-refractivity contribution < 1.29 is 9.47 Å². The minimum atomic E-state index is 0. The van der Waals surface area contributed by atoms with Crippen molar-refractivity contribution in [3.05, 3.63) is 29.8 Å². The van der Waals surface area contributed by atoms with Crippen molar-refractivity contribution in [2.45, 2.75) is 53.0 Å². The highest BCUT2D eigenvalue weighted by Crippen LogP contribution is 2.13. The van der Waals surface area contributed by atoms with Crippen LogP contribution in [0.15, 0.2) is 24.3 Å². The van der Waals surface area contributed by atoms with E-state index in [0.717, 1.165) is 19.6 Å². The molecule has 2 nitrogen and oxygen atoms in total. The van der Waals surface area contributed by atoms with E-state index in [9.17, 15) is 0 Å². The van der Waals surface area contributed by atoms with Crippen LogP contribution in [0.2, 0.25) is 13.6 Å². The fraction of sp³-hybridized carbons (Fsp3) is 0.625. The highest BCUT2D eigenvalue weighted by molar-refractivity contribution is 6.70. The summed E-state index contributed by atoms with van der Waals surface area (Å²) >= 11 is 0. The number of hydrogen-bond donors (Lipinski definition) is 0.